The number of nitro benzene ring substituents is 1. The first-order valence-electron chi connectivity index (χ1n) is 10.4. The number of halogens is 1. The Labute approximate surface area is 212 Å². The number of anilines is 1. The van der Waals surface area contributed by atoms with Crippen LogP contribution in [0.15, 0.2) is 66.5 Å². The van der Waals surface area contributed by atoms with Crippen molar-refractivity contribution in [3.8, 4) is 5.75 Å². The molecule has 0 spiro atoms. The Hall–Kier alpha value is -4.35. The zero-order valence-corrected chi connectivity index (χ0v) is 20.0. The summed E-state index contributed by atoms with van der Waals surface area (Å²) in [4.78, 5) is 47.0. The van der Waals surface area contributed by atoms with Crippen LogP contribution in [0.2, 0.25) is 5.02 Å². The van der Waals surface area contributed by atoms with Gasteiger partial charge in [0, 0.05) is 29.5 Å². The third kappa shape index (κ3) is 3.84. The second-order valence-corrected chi connectivity index (χ2v) is 9.15. The van der Waals surface area contributed by atoms with Crippen LogP contribution >= 0.6 is 22.9 Å². The number of fused-ring (bicyclic) bond motifs is 1. The van der Waals surface area contributed by atoms with Crippen molar-refractivity contribution in [1.29, 1.82) is 0 Å². The van der Waals surface area contributed by atoms with Crippen molar-refractivity contribution in [3.63, 3.8) is 0 Å². The molecule has 5 rings (SSSR count). The molecule has 12 heteroatoms. The zero-order valence-electron chi connectivity index (χ0n) is 18.4. The number of aromatic nitrogens is 2. The van der Waals surface area contributed by atoms with E-state index in [1.165, 1.54) is 54.7 Å². The van der Waals surface area contributed by atoms with E-state index in [1.54, 1.807) is 18.2 Å². The quantitative estimate of drug-likeness (QED) is 0.129. The number of Topliss-reactive ketones (excluding diaryl/α,β-unsaturated/α-hetero) is 1. The van der Waals surface area contributed by atoms with E-state index in [0.29, 0.717) is 15.8 Å². The average Bonchev–Trinajstić information content (AvgIpc) is 3.41. The van der Waals surface area contributed by atoms with Gasteiger partial charge in [-0.05, 0) is 35.9 Å². The first-order valence-corrected chi connectivity index (χ1v) is 11.6. The fourth-order valence-electron chi connectivity index (χ4n) is 4.01. The van der Waals surface area contributed by atoms with Gasteiger partial charge in [0.05, 0.1) is 39.4 Å². The number of nitro groups is 1. The monoisotopic (exact) mass is 522 g/mol. The van der Waals surface area contributed by atoms with E-state index in [-0.39, 0.29) is 32.7 Å². The first-order chi connectivity index (χ1) is 17.3. The molecule has 10 nitrogen and oxygen atoms in total. The van der Waals surface area contributed by atoms with Crippen LogP contribution in [0.5, 0.6) is 5.75 Å². The van der Waals surface area contributed by atoms with E-state index in [0.717, 1.165) is 11.3 Å². The molecule has 1 unspecified atom stereocenters. The van der Waals surface area contributed by atoms with Crippen molar-refractivity contribution in [2.45, 2.75) is 6.04 Å². The second kappa shape index (κ2) is 9.02. The van der Waals surface area contributed by atoms with Gasteiger partial charge in [0.1, 0.15) is 11.5 Å². The van der Waals surface area contributed by atoms with Gasteiger partial charge in [-0.15, -0.1) is 0 Å². The molecule has 1 atom stereocenters. The Bertz CT molecular complexity index is 1590. The maximum absolute atomic E-state index is 13.3. The van der Waals surface area contributed by atoms with E-state index in [4.69, 9.17) is 16.3 Å². The van der Waals surface area contributed by atoms with Crippen molar-refractivity contribution in [2.75, 3.05) is 12.0 Å². The van der Waals surface area contributed by atoms with Crippen LogP contribution in [-0.4, -0.2) is 38.8 Å². The number of ether oxygens (including phenoxy) is 1. The van der Waals surface area contributed by atoms with Crippen LogP contribution in [0.3, 0.4) is 0 Å². The Morgan fingerprint density at radius 2 is 2.03 bits per heavy atom. The van der Waals surface area contributed by atoms with Gasteiger partial charge >= 0.3 is 5.91 Å². The molecule has 3 heterocycles. The number of thiazole rings is 1. The fraction of sp³-hybridized carbons (Fsp3) is 0.0833. The first kappa shape index (κ1) is 23.4. The summed E-state index contributed by atoms with van der Waals surface area (Å²) in [5.41, 5.74) is 0.681. The molecule has 1 N–H and O–H groups in total. The van der Waals surface area contributed by atoms with Crippen LogP contribution < -0.4 is 9.64 Å². The van der Waals surface area contributed by atoms with Crippen LogP contribution in [0.4, 0.5) is 10.8 Å². The van der Waals surface area contributed by atoms with Crippen molar-refractivity contribution in [2.24, 2.45) is 0 Å². The third-order valence-corrected chi connectivity index (χ3v) is 6.89. The van der Waals surface area contributed by atoms with Gasteiger partial charge in [0.2, 0.25) is 0 Å². The Kier molecular flexibility index (Phi) is 5.86. The van der Waals surface area contributed by atoms with Gasteiger partial charge in [-0.2, -0.15) is 0 Å². The molecular formula is C24H15ClN4O6S. The number of nitrogens with zero attached hydrogens (tertiary/aromatic N) is 4. The molecule has 36 heavy (non-hydrogen) atoms. The molecule has 0 radical (unpaired) electrons. The van der Waals surface area contributed by atoms with Crippen LogP contribution in [0, 0.1) is 10.1 Å². The largest absolute Gasteiger partial charge is 0.507 e. The molecule has 0 bridgehead atoms. The number of aliphatic hydroxyl groups excluding tert-OH is 1. The number of amides is 1. The molecular weight excluding hydrogens is 508 g/mol. The van der Waals surface area contributed by atoms with Crippen molar-refractivity contribution < 1.29 is 24.4 Å². The van der Waals surface area contributed by atoms with E-state index in [9.17, 15) is 24.8 Å². The van der Waals surface area contributed by atoms with E-state index >= 15 is 0 Å². The Morgan fingerprint density at radius 3 is 2.72 bits per heavy atom. The summed E-state index contributed by atoms with van der Waals surface area (Å²) in [6.07, 6.45) is 3.01. The summed E-state index contributed by atoms with van der Waals surface area (Å²) >= 11 is 7.15. The summed E-state index contributed by atoms with van der Waals surface area (Å²) in [7, 11) is 1.40. The summed E-state index contributed by atoms with van der Waals surface area (Å²) in [6, 6.07) is 10.9. The number of hydrogen-bond donors (Lipinski definition) is 1. The lowest BCUT2D eigenvalue weighted by molar-refractivity contribution is -0.384. The maximum Gasteiger partial charge on any atom is 0.301 e. The van der Waals surface area contributed by atoms with Crippen molar-refractivity contribution in [3.05, 3.63) is 92.8 Å². The lowest BCUT2D eigenvalue weighted by Crippen LogP contribution is -2.29. The van der Waals surface area contributed by atoms with E-state index in [1.807, 2.05) is 0 Å². The molecule has 1 saturated heterocycles. The lowest BCUT2D eigenvalue weighted by Gasteiger charge is -2.22. The minimum atomic E-state index is -1.07. The minimum Gasteiger partial charge on any atom is -0.507 e. The Balaban J connectivity index is 1.73. The smallest absolute Gasteiger partial charge is 0.301 e. The summed E-state index contributed by atoms with van der Waals surface area (Å²) in [6.45, 7) is 0. The molecule has 4 aromatic rings. The molecule has 1 fully saturated rings. The number of non-ortho nitro benzene ring substituents is 1. The lowest BCUT2D eigenvalue weighted by atomic mass is 9.96. The molecule has 1 aliphatic heterocycles. The summed E-state index contributed by atoms with van der Waals surface area (Å²) in [5, 5.41) is 22.9. The van der Waals surface area contributed by atoms with Gasteiger partial charge in [0.15, 0.2) is 5.13 Å². The number of hydrogen-bond acceptors (Lipinski definition) is 9. The number of rotatable bonds is 5. The summed E-state index contributed by atoms with van der Waals surface area (Å²) in [5.74, 6) is -2.07. The fourth-order valence-corrected chi connectivity index (χ4v) is 5.21. The standard InChI is InChI=1S/C24H15ClN4O6S/c1-35-17-7-4-13(25)9-15(17)21(30)19-20(12-3-2-8-26-11-12)28(23(32)22(19)31)24-27-16-6-5-14(29(33)34)10-18(16)36-24/h2-11,20,30H,1H3/b21-19+. The molecule has 2 aromatic carbocycles. The van der Waals surface area contributed by atoms with Gasteiger partial charge in [0.25, 0.3) is 11.5 Å². The highest BCUT2D eigenvalue weighted by Gasteiger charge is 2.48. The summed E-state index contributed by atoms with van der Waals surface area (Å²) < 4.78 is 5.79. The predicted octanol–water partition coefficient (Wildman–Crippen LogP) is 4.89. The third-order valence-electron chi connectivity index (χ3n) is 5.64. The van der Waals surface area contributed by atoms with Crippen molar-refractivity contribution in [1.82, 2.24) is 9.97 Å². The topological polar surface area (TPSA) is 136 Å². The minimum absolute atomic E-state index is 0.128. The highest BCUT2D eigenvalue weighted by atomic mass is 35.5. The van der Waals surface area contributed by atoms with E-state index in [2.05, 4.69) is 9.97 Å². The second-order valence-electron chi connectivity index (χ2n) is 7.71. The van der Waals surface area contributed by atoms with Gasteiger partial charge in [-0.3, -0.25) is 29.6 Å². The predicted molar refractivity (Wildman–Crippen MR) is 133 cm³/mol. The zero-order chi connectivity index (χ0) is 25.6. The molecule has 2 aromatic heterocycles. The maximum atomic E-state index is 13.3. The highest BCUT2D eigenvalue weighted by molar-refractivity contribution is 7.22. The van der Waals surface area contributed by atoms with Crippen LogP contribution in [0.25, 0.3) is 16.0 Å². The highest BCUT2D eigenvalue weighted by Crippen LogP contribution is 2.45. The molecule has 0 saturated carbocycles. The number of carbonyl (C=O) groups is 2. The number of benzene rings is 2. The van der Waals surface area contributed by atoms with E-state index < -0.39 is 28.4 Å². The van der Waals surface area contributed by atoms with Crippen molar-refractivity contribution >= 4 is 61.4 Å². The SMILES string of the molecule is COc1ccc(Cl)cc1/C(O)=C1\C(=O)C(=O)N(c2nc3ccc([N+](=O)[O-])cc3s2)C1c1cccnc1. The number of pyridine rings is 1. The average molecular weight is 523 g/mol. The number of carbonyl (C=O) groups excluding carboxylic acids is 2. The van der Waals surface area contributed by atoms with Crippen LogP contribution in [-0.2, 0) is 9.59 Å². The molecule has 1 amide bonds. The van der Waals surface area contributed by atoms with Gasteiger partial charge in [-0.1, -0.05) is 29.0 Å². The van der Waals surface area contributed by atoms with Crippen LogP contribution in [0.1, 0.15) is 17.2 Å². The Morgan fingerprint density at radius 1 is 1.22 bits per heavy atom. The normalized spacial score (nSPS) is 17.1. The molecule has 1 aliphatic rings. The van der Waals surface area contributed by atoms with Gasteiger partial charge in [-0.25, -0.2) is 4.98 Å². The number of ketones is 1. The number of methoxy groups -OCH3 is 1. The van der Waals surface area contributed by atoms with Gasteiger partial charge < -0.3 is 9.84 Å². The molecule has 180 valence electrons. The molecule has 0 aliphatic carbocycles. The number of aliphatic hydroxyl groups is 1.